The van der Waals surface area contributed by atoms with Gasteiger partial charge in [-0.1, -0.05) is 31.2 Å². The van der Waals surface area contributed by atoms with Gasteiger partial charge >= 0.3 is 0 Å². The average Bonchev–Trinajstić information content (AvgIpc) is 3.08. The van der Waals surface area contributed by atoms with Gasteiger partial charge < -0.3 is 15.0 Å². The molecule has 1 fully saturated rings. The molecule has 1 N–H and O–H groups in total. The fraction of sp³-hybridized carbons (Fsp3) is 0.333. The van der Waals surface area contributed by atoms with Crippen LogP contribution in [0.5, 0.6) is 5.75 Å². The van der Waals surface area contributed by atoms with Gasteiger partial charge in [0, 0.05) is 25.2 Å². The Bertz CT molecular complexity index is 769. The molecule has 1 saturated heterocycles. The summed E-state index contributed by atoms with van der Waals surface area (Å²) in [6.45, 7) is 3.00. The zero-order chi connectivity index (χ0) is 18.5. The number of hydrogen-bond donors (Lipinski definition) is 1. The van der Waals surface area contributed by atoms with E-state index in [0.29, 0.717) is 13.1 Å². The van der Waals surface area contributed by atoms with Crippen LogP contribution in [0.4, 0.5) is 5.69 Å². The van der Waals surface area contributed by atoms with Gasteiger partial charge in [0.05, 0.1) is 13.0 Å². The van der Waals surface area contributed by atoms with Crippen molar-refractivity contribution in [3.63, 3.8) is 0 Å². The van der Waals surface area contributed by atoms with Crippen LogP contribution in [0.1, 0.15) is 24.5 Å². The van der Waals surface area contributed by atoms with E-state index in [0.717, 1.165) is 23.4 Å². The highest BCUT2D eigenvalue weighted by molar-refractivity contribution is 6.00. The van der Waals surface area contributed by atoms with Gasteiger partial charge in [0.2, 0.25) is 11.8 Å². The van der Waals surface area contributed by atoms with E-state index in [2.05, 4.69) is 24.4 Å². The Balaban J connectivity index is 1.57. The summed E-state index contributed by atoms with van der Waals surface area (Å²) in [7, 11) is 1.60. The molecule has 2 aromatic carbocycles. The van der Waals surface area contributed by atoms with Crippen molar-refractivity contribution in [2.45, 2.75) is 26.3 Å². The molecule has 2 aromatic rings. The van der Waals surface area contributed by atoms with Crippen molar-refractivity contribution < 1.29 is 14.3 Å². The zero-order valence-corrected chi connectivity index (χ0v) is 15.2. The van der Waals surface area contributed by atoms with Crippen LogP contribution >= 0.6 is 0 Å². The minimum atomic E-state index is -0.320. The highest BCUT2D eigenvalue weighted by atomic mass is 16.5. The van der Waals surface area contributed by atoms with Crippen molar-refractivity contribution in [1.29, 1.82) is 0 Å². The van der Waals surface area contributed by atoms with E-state index >= 15 is 0 Å². The molecule has 5 nitrogen and oxygen atoms in total. The summed E-state index contributed by atoms with van der Waals surface area (Å²) in [5.41, 5.74) is 3.13. The van der Waals surface area contributed by atoms with Crippen LogP contribution in [0.2, 0.25) is 0 Å². The second-order valence-electron chi connectivity index (χ2n) is 6.49. The quantitative estimate of drug-likeness (QED) is 0.870. The van der Waals surface area contributed by atoms with E-state index in [4.69, 9.17) is 4.74 Å². The maximum Gasteiger partial charge on any atom is 0.227 e. The van der Waals surface area contributed by atoms with E-state index < -0.39 is 0 Å². The molecule has 1 heterocycles. The topological polar surface area (TPSA) is 58.6 Å². The first-order chi connectivity index (χ1) is 12.6. The van der Waals surface area contributed by atoms with Gasteiger partial charge in [0.25, 0.3) is 0 Å². The van der Waals surface area contributed by atoms with Crippen LogP contribution in [0.15, 0.2) is 48.5 Å². The molecular weight excluding hydrogens is 328 g/mol. The Hall–Kier alpha value is -2.82. The molecule has 5 heteroatoms. The van der Waals surface area contributed by atoms with Gasteiger partial charge in [-0.3, -0.25) is 9.59 Å². The maximum atomic E-state index is 12.5. The number of rotatable bonds is 6. The molecule has 1 aliphatic heterocycles. The van der Waals surface area contributed by atoms with Crippen molar-refractivity contribution in [3.05, 3.63) is 59.7 Å². The van der Waals surface area contributed by atoms with E-state index in [1.165, 1.54) is 5.56 Å². The molecule has 2 amide bonds. The molecular formula is C21H24N2O3. The lowest BCUT2D eigenvalue weighted by atomic mass is 10.1. The first-order valence-electron chi connectivity index (χ1n) is 8.90. The number of nitrogens with one attached hydrogen (secondary N) is 1. The van der Waals surface area contributed by atoms with Crippen LogP contribution < -0.4 is 15.0 Å². The van der Waals surface area contributed by atoms with Crippen LogP contribution in [0.3, 0.4) is 0 Å². The number of aryl methyl sites for hydroxylation is 1. The van der Waals surface area contributed by atoms with E-state index in [9.17, 15) is 9.59 Å². The summed E-state index contributed by atoms with van der Waals surface area (Å²) in [5.74, 6) is 0.319. The Labute approximate surface area is 154 Å². The van der Waals surface area contributed by atoms with Gasteiger partial charge in [0.1, 0.15) is 5.75 Å². The molecule has 0 bridgehead atoms. The summed E-state index contributed by atoms with van der Waals surface area (Å²) < 4.78 is 5.14. The molecule has 26 heavy (non-hydrogen) atoms. The SMILES string of the molecule is CCc1ccc(CNC(=O)[C@H]2CC(=O)N(c3ccc(OC)cc3)C2)cc1. The standard InChI is InChI=1S/C21H24N2O3/c1-3-15-4-6-16(7-5-15)13-22-21(25)17-12-20(24)23(14-17)18-8-10-19(26-2)11-9-18/h4-11,17H,3,12-14H2,1-2H3,(H,22,25)/t17-/m0/s1. The normalized spacial score (nSPS) is 16.6. The number of carbonyl (C=O) groups excluding carboxylic acids is 2. The highest BCUT2D eigenvalue weighted by Gasteiger charge is 2.34. The molecule has 0 unspecified atom stereocenters. The van der Waals surface area contributed by atoms with Crippen molar-refractivity contribution in [2.75, 3.05) is 18.6 Å². The van der Waals surface area contributed by atoms with Crippen molar-refractivity contribution in [2.24, 2.45) is 5.92 Å². The number of nitrogens with zero attached hydrogens (tertiary/aromatic N) is 1. The lowest BCUT2D eigenvalue weighted by Crippen LogP contribution is -2.32. The number of amides is 2. The predicted molar refractivity (Wildman–Crippen MR) is 101 cm³/mol. The number of anilines is 1. The Morgan fingerprint density at radius 1 is 1.12 bits per heavy atom. The van der Waals surface area contributed by atoms with Crippen LogP contribution in [-0.4, -0.2) is 25.5 Å². The second kappa shape index (κ2) is 8.04. The molecule has 3 rings (SSSR count). The maximum absolute atomic E-state index is 12.5. The molecule has 0 saturated carbocycles. The Morgan fingerprint density at radius 3 is 2.38 bits per heavy atom. The fourth-order valence-corrected chi connectivity index (χ4v) is 3.12. The third-order valence-electron chi connectivity index (χ3n) is 4.78. The third-order valence-corrected chi connectivity index (χ3v) is 4.78. The number of ether oxygens (including phenoxy) is 1. The Morgan fingerprint density at radius 2 is 1.77 bits per heavy atom. The van der Waals surface area contributed by atoms with E-state index in [-0.39, 0.29) is 24.2 Å². The van der Waals surface area contributed by atoms with Gasteiger partial charge in [-0.25, -0.2) is 0 Å². The average molecular weight is 352 g/mol. The van der Waals surface area contributed by atoms with Crippen LogP contribution in [0.25, 0.3) is 0 Å². The first-order valence-corrected chi connectivity index (χ1v) is 8.90. The molecule has 0 spiro atoms. The summed E-state index contributed by atoms with van der Waals surface area (Å²) >= 11 is 0. The summed E-state index contributed by atoms with van der Waals surface area (Å²) in [6, 6.07) is 15.5. The summed E-state index contributed by atoms with van der Waals surface area (Å²) in [5, 5.41) is 2.95. The predicted octanol–water partition coefficient (Wildman–Crippen LogP) is 2.93. The van der Waals surface area contributed by atoms with Crippen molar-refractivity contribution >= 4 is 17.5 Å². The molecule has 0 aromatic heterocycles. The molecule has 1 aliphatic rings. The second-order valence-corrected chi connectivity index (χ2v) is 6.49. The first kappa shape index (κ1) is 18.0. The molecule has 0 aliphatic carbocycles. The van der Waals surface area contributed by atoms with Gasteiger partial charge in [-0.15, -0.1) is 0 Å². The molecule has 136 valence electrons. The van der Waals surface area contributed by atoms with E-state index in [1.807, 2.05) is 36.4 Å². The van der Waals surface area contributed by atoms with Gasteiger partial charge in [-0.05, 0) is 41.8 Å². The van der Waals surface area contributed by atoms with Crippen molar-refractivity contribution in [3.8, 4) is 5.75 Å². The highest BCUT2D eigenvalue weighted by Crippen LogP contribution is 2.27. The summed E-state index contributed by atoms with van der Waals surface area (Å²) in [6.07, 6.45) is 1.24. The summed E-state index contributed by atoms with van der Waals surface area (Å²) in [4.78, 5) is 26.4. The number of hydrogen-bond acceptors (Lipinski definition) is 3. The molecule has 1 atom stereocenters. The number of methoxy groups -OCH3 is 1. The fourth-order valence-electron chi connectivity index (χ4n) is 3.12. The Kier molecular flexibility index (Phi) is 5.56. The van der Waals surface area contributed by atoms with Crippen molar-refractivity contribution in [1.82, 2.24) is 5.32 Å². The minimum Gasteiger partial charge on any atom is -0.497 e. The lowest BCUT2D eigenvalue weighted by Gasteiger charge is -2.17. The van der Waals surface area contributed by atoms with E-state index in [1.54, 1.807) is 12.0 Å². The largest absolute Gasteiger partial charge is 0.497 e. The van der Waals surface area contributed by atoms with Crippen LogP contribution in [-0.2, 0) is 22.6 Å². The molecule has 0 radical (unpaired) electrons. The van der Waals surface area contributed by atoms with Gasteiger partial charge in [0.15, 0.2) is 0 Å². The number of carbonyl (C=O) groups is 2. The third kappa shape index (κ3) is 4.04. The number of benzene rings is 2. The lowest BCUT2D eigenvalue weighted by molar-refractivity contribution is -0.126. The zero-order valence-electron chi connectivity index (χ0n) is 15.2. The van der Waals surface area contributed by atoms with Gasteiger partial charge in [-0.2, -0.15) is 0 Å². The van der Waals surface area contributed by atoms with Crippen LogP contribution in [0, 0.1) is 5.92 Å². The minimum absolute atomic E-state index is 0.0254. The monoisotopic (exact) mass is 352 g/mol. The smallest absolute Gasteiger partial charge is 0.227 e.